The maximum atomic E-state index is 11.9. The van der Waals surface area contributed by atoms with E-state index >= 15 is 0 Å². The predicted molar refractivity (Wildman–Crippen MR) is 69.3 cm³/mol. The molecule has 3 rings (SSSR count). The van der Waals surface area contributed by atoms with Crippen molar-refractivity contribution in [2.45, 2.75) is 13.5 Å². The number of aryl methyl sites for hydroxylation is 1. The Bertz CT molecular complexity index is 752. The molecule has 0 aliphatic heterocycles. The molecule has 0 radical (unpaired) electrons. The van der Waals surface area contributed by atoms with Crippen LogP contribution in [0.4, 0.5) is 0 Å². The van der Waals surface area contributed by atoms with Crippen molar-refractivity contribution in [1.29, 1.82) is 0 Å². The summed E-state index contributed by atoms with van der Waals surface area (Å²) in [5, 5.41) is 4.84. The summed E-state index contributed by atoms with van der Waals surface area (Å²) in [4.78, 5) is 18.7. The van der Waals surface area contributed by atoms with E-state index < -0.39 is 0 Å². The monoisotopic (exact) mass is 240 g/mol. The number of benzene rings is 1. The van der Waals surface area contributed by atoms with E-state index in [4.69, 9.17) is 0 Å². The van der Waals surface area contributed by atoms with E-state index in [1.54, 1.807) is 6.20 Å². The van der Waals surface area contributed by atoms with Crippen LogP contribution in [-0.4, -0.2) is 19.7 Å². The molecule has 5 heteroatoms. The van der Waals surface area contributed by atoms with Crippen LogP contribution in [0.3, 0.4) is 0 Å². The Kier molecular flexibility index (Phi) is 2.44. The molecule has 0 aliphatic carbocycles. The molecule has 90 valence electrons. The Morgan fingerprint density at radius 1 is 1.39 bits per heavy atom. The number of aromatic amines is 1. The van der Waals surface area contributed by atoms with Gasteiger partial charge in [0, 0.05) is 18.3 Å². The summed E-state index contributed by atoms with van der Waals surface area (Å²) in [7, 11) is 0. The molecule has 1 aromatic carbocycles. The molecule has 2 aromatic heterocycles. The molecule has 0 bridgehead atoms. The van der Waals surface area contributed by atoms with Gasteiger partial charge in [0.05, 0.1) is 23.4 Å². The highest BCUT2D eigenvalue weighted by Gasteiger charge is 2.09. The molecule has 0 spiro atoms. The third-order valence-electron chi connectivity index (χ3n) is 2.94. The van der Waals surface area contributed by atoms with Crippen molar-refractivity contribution < 1.29 is 0 Å². The molecule has 1 N–H and O–H groups in total. The molecule has 2 heterocycles. The smallest absolute Gasteiger partial charge is 0.259 e. The van der Waals surface area contributed by atoms with E-state index in [2.05, 4.69) is 15.1 Å². The molecular formula is C13H12N4O. The molecule has 0 aliphatic rings. The fourth-order valence-electron chi connectivity index (χ4n) is 2.04. The SMILES string of the molecule is CCn1cc(-c2cccc3nc[nH]c(=O)c23)cn1. The van der Waals surface area contributed by atoms with Crippen LogP contribution in [0.2, 0.25) is 0 Å². The number of fused-ring (bicyclic) bond motifs is 1. The van der Waals surface area contributed by atoms with Crippen molar-refractivity contribution >= 4 is 10.9 Å². The summed E-state index contributed by atoms with van der Waals surface area (Å²) in [6.45, 7) is 2.83. The Morgan fingerprint density at radius 2 is 2.28 bits per heavy atom. The van der Waals surface area contributed by atoms with E-state index in [1.165, 1.54) is 6.33 Å². The average Bonchev–Trinajstić information content (AvgIpc) is 2.87. The summed E-state index contributed by atoms with van der Waals surface area (Å²) in [5.74, 6) is 0. The lowest BCUT2D eigenvalue weighted by Gasteiger charge is -2.02. The van der Waals surface area contributed by atoms with Gasteiger partial charge in [-0.05, 0) is 18.6 Å². The highest BCUT2D eigenvalue weighted by Crippen LogP contribution is 2.24. The van der Waals surface area contributed by atoms with Crippen LogP contribution in [0.5, 0.6) is 0 Å². The molecule has 0 atom stereocenters. The molecule has 0 saturated carbocycles. The van der Waals surface area contributed by atoms with E-state index in [0.29, 0.717) is 10.9 Å². The van der Waals surface area contributed by atoms with Crippen LogP contribution in [-0.2, 0) is 6.54 Å². The molecule has 0 saturated heterocycles. The van der Waals surface area contributed by atoms with Crippen molar-refractivity contribution in [3.05, 3.63) is 47.3 Å². The number of nitrogens with zero attached hydrogens (tertiary/aromatic N) is 3. The Morgan fingerprint density at radius 3 is 3.06 bits per heavy atom. The van der Waals surface area contributed by atoms with Gasteiger partial charge < -0.3 is 4.98 Å². The third kappa shape index (κ3) is 1.60. The lowest BCUT2D eigenvalue weighted by atomic mass is 10.0. The highest BCUT2D eigenvalue weighted by atomic mass is 16.1. The van der Waals surface area contributed by atoms with Crippen LogP contribution in [0, 0.1) is 0 Å². The number of hydrogen-bond acceptors (Lipinski definition) is 3. The summed E-state index contributed by atoms with van der Waals surface area (Å²) in [6.07, 6.45) is 5.12. The third-order valence-corrected chi connectivity index (χ3v) is 2.94. The summed E-state index contributed by atoms with van der Waals surface area (Å²) in [5.41, 5.74) is 2.36. The summed E-state index contributed by atoms with van der Waals surface area (Å²) >= 11 is 0. The number of hydrogen-bond donors (Lipinski definition) is 1. The van der Waals surface area contributed by atoms with Gasteiger partial charge in [-0.1, -0.05) is 12.1 Å². The Balaban J connectivity index is 2.32. The van der Waals surface area contributed by atoms with Crippen LogP contribution >= 0.6 is 0 Å². The van der Waals surface area contributed by atoms with Gasteiger partial charge in [-0.3, -0.25) is 9.48 Å². The molecule has 0 amide bonds. The second kappa shape index (κ2) is 4.10. The largest absolute Gasteiger partial charge is 0.313 e. The van der Waals surface area contributed by atoms with E-state index in [0.717, 1.165) is 17.7 Å². The lowest BCUT2D eigenvalue weighted by Crippen LogP contribution is -2.07. The van der Waals surface area contributed by atoms with E-state index in [1.807, 2.05) is 36.0 Å². The van der Waals surface area contributed by atoms with Gasteiger partial charge in [-0.15, -0.1) is 0 Å². The predicted octanol–water partition coefficient (Wildman–Crippen LogP) is 1.81. The minimum absolute atomic E-state index is 0.125. The van der Waals surface area contributed by atoms with Gasteiger partial charge in [0.15, 0.2) is 0 Å². The highest BCUT2D eigenvalue weighted by molar-refractivity contribution is 5.93. The first kappa shape index (κ1) is 10.7. The first-order valence-corrected chi connectivity index (χ1v) is 5.79. The van der Waals surface area contributed by atoms with Gasteiger partial charge >= 0.3 is 0 Å². The quantitative estimate of drug-likeness (QED) is 0.743. The van der Waals surface area contributed by atoms with Gasteiger partial charge in [-0.2, -0.15) is 5.10 Å². The van der Waals surface area contributed by atoms with E-state index in [9.17, 15) is 4.79 Å². The Hall–Kier alpha value is -2.43. The maximum Gasteiger partial charge on any atom is 0.259 e. The second-order valence-corrected chi connectivity index (χ2v) is 4.02. The first-order valence-electron chi connectivity index (χ1n) is 5.79. The summed E-state index contributed by atoms with van der Waals surface area (Å²) < 4.78 is 1.83. The van der Waals surface area contributed by atoms with Crippen LogP contribution in [0.25, 0.3) is 22.0 Å². The van der Waals surface area contributed by atoms with Crippen molar-refractivity contribution in [3.8, 4) is 11.1 Å². The molecular weight excluding hydrogens is 228 g/mol. The van der Waals surface area contributed by atoms with Gasteiger partial charge in [0.1, 0.15) is 0 Å². The van der Waals surface area contributed by atoms with Crippen LogP contribution < -0.4 is 5.56 Å². The standard InChI is InChI=1S/C13H12N4O/c1-2-17-7-9(6-16-17)10-4-3-5-11-12(10)13(18)15-8-14-11/h3-8H,2H2,1H3,(H,14,15,18). The van der Waals surface area contributed by atoms with Crippen molar-refractivity contribution in [2.75, 3.05) is 0 Å². The fourth-order valence-corrected chi connectivity index (χ4v) is 2.04. The Labute approximate surface area is 103 Å². The van der Waals surface area contributed by atoms with E-state index in [-0.39, 0.29) is 5.56 Å². The maximum absolute atomic E-state index is 11.9. The minimum atomic E-state index is -0.125. The van der Waals surface area contributed by atoms with Crippen molar-refractivity contribution in [3.63, 3.8) is 0 Å². The zero-order valence-electron chi connectivity index (χ0n) is 9.92. The molecule has 0 fully saturated rings. The minimum Gasteiger partial charge on any atom is -0.313 e. The summed E-state index contributed by atoms with van der Waals surface area (Å²) in [6, 6.07) is 5.64. The van der Waals surface area contributed by atoms with Crippen LogP contribution in [0.15, 0.2) is 41.7 Å². The normalized spacial score (nSPS) is 10.9. The molecule has 0 unspecified atom stereocenters. The topological polar surface area (TPSA) is 63.6 Å². The van der Waals surface area contributed by atoms with Crippen molar-refractivity contribution in [1.82, 2.24) is 19.7 Å². The van der Waals surface area contributed by atoms with Crippen LogP contribution in [0.1, 0.15) is 6.92 Å². The zero-order valence-corrected chi connectivity index (χ0v) is 9.92. The number of H-pyrrole nitrogens is 1. The van der Waals surface area contributed by atoms with Gasteiger partial charge in [0.2, 0.25) is 0 Å². The number of nitrogens with one attached hydrogen (secondary N) is 1. The second-order valence-electron chi connectivity index (χ2n) is 4.02. The van der Waals surface area contributed by atoms with Gasteiger partial charge in [0.25, 0.3) is 5.56 Å². The fraction of sp³-hybridized carbons (Fsp3) is 0.154. The zero-order chi connectivity index (χ0) is 12.5. The lowest BCUT2D eigenvalue weighted by molar-refractivity contribution is 0.660. The number of aromatic nitrogens is 4. The average molecular weight is 240 g/mol. The molecule has 3 aromatic rings. The molecule has 5 nitrogen and oxygen atoms in total. The molecule has 18 heavy (non-hydrogen) atoms. The number of rotatable bonds is 2. The van der Waals surface area contributed by atoms with Gasteiger partial charge in [-0.25, -0.2) is 4.98 Å². The first-order chi connectivity index (χ1) is 8.79. The van der Waals surface area contributed by atoms with Crippen molar-refractivity contribution in [2.24, 2.45) is 0 Å².